The maximum Gasteiger partial charge on any atom is 0.221 e. The molecular weight excluding hydrogens is 234 g/mol. The van der Waals surface area contributed by atoms with E-state index in [2.05, 4.69) is 11.9 Å². The lowest BCUT2D eigenvalue weighted by Crippen LogP contribution is -2.23. The van der Waals surface area contributed by atoms with Crippen LogP contribution in [0.3, 0.4) is 0 Å². The van der Waals surface area contributed by atoms with Gasteiger partial charge in [0, 0.05) is 23.6 Å². The molecule has 1 amide bonds. The summed E-state index contributed by atoms with van der Waals surface area (Å²) in [6, 6.07) is 7.82. The van der Waals surface area contributed by atoms with Crippen LogP contribution in [-0.2, 0) is 4.79 Å². The summed E-state index contributed by atoms with van der Waals surface area (Å²) >= 11 is 1.66. The smallest absolute Gasteiger partial charge is 0.221 e. The Bertz CT molecular complexity index is 362. The molecule has 0 bridgehead atoms. The van der Waals surface area contributed by atoms with Crippen molar-refractivity contribution in [2.24, 2.45) is 0 Å². The fourth-order valence-corrected chi connectivity index (χ4v) is 2.06. The number of rotatable bonds is 7. The van der Waals surface area contributed by atoms with Crippen LogP contribution in [0.5, 0.6) is 5.75 Å². The van der Waals surface area contributed by atoms with Crippen molar-refractivity contribution < 1.29 is 9.53 Å². The maximum absolute atomic E-state index is 11.3. The molecule has 1 aromatic rings. The van der Waals surface area contributed by atoms with E-state index in [0.29, 0.717) is 13.0 Å². The van der Waals surface area contributed by atoms with Crippen LogP contribution < -0.4 is 10.1 Å². The third-order valence-electron chi connectivity index (χ3n) is 2.10. The Labute approximate surface area is 106 Å². The molecule has 17 heavy (non-hydrogen) atoms. The molecule has 0 saturated carbocycles. The van der Waals surface area contributed by atoms with Crippen LogP contribution in [0.25, 0.3) is 0 Å². The average Bonchev–Trinajstić information content (AvgIpc) is 2.37. The van der Waals surface area contributed by atoms with E-state index in [1.54, 1.807) is 24.9 Å². The first-order valence-electron chi connectivity index (χ1n) is 5.40. The zero-order valence-electron chi connectivity index (χ0n) is 9.94. The molecular formula is C13H17NO2S. The molecule has 0 aliphatic rings. The summed E-state index contributed by atoms with van der Waals surface area (Å²) < 4.78 is 5.07. The number of hydrogen-bond donors (Lipinski definition) is 1. The van der Waals surface area contributed by atoms with Gasteiger partial charge in [0.15, 0.2) is 0 Å². The van der Waals surface area contributed by atoms with E-state index in [4.69, 9.17) is 4.74 Å². The maximum atomic E-state index is 11.3. The van der Waals surface area contributed by atoms with Crippen LogP contribution in [-0.4, -0.2) is 25.3 Å². The van der Waals surface area contributed by atoms with Crippen molar-refractivity contribution in [1.29, 1.82) is 0 Å². The van der Waals surface area contributed by atoms with E-state index < -0.39 is 0 Å². The van der Waals surface area contributed by atoms with Gasteiger partial charge in [0.05, 0.1) is 7.11 Å². The lowest BCUT2D eigenvalue weighted by Gasteiger charge is -2.04. The van der Waals surface area contributed by atoms with Crippen molar-refractivity contribution in [3.63, 3.8) is 0 Å². The number of carbonyl (C=O) groups excluding carboxylic acids is 1. The van der Waals surface area contributed by atoms with Crippen molar-refractivity contribution >= 4 is 17.7 Å². The Balaban J connectivity index is 2.25. The van der Waals surface area contributed by atoms with Crippen molar-refractivity contribution in [3.05, 3.63) is 36.9 Å². The highest BCUT2D eigenvalue weighted by molar-refractivity contribution is 7.99. The molecule has 0 aliphatic heterocycles. The first kappa shape index (κ1) is 13.6. The molecule has 0 aromatic heterocycles. The molecule has 3 nitrogen and oxygen atoms in total. The SMILES string of the molecule is C=CCNC(=O)CCSc1ccc(OC)cc1. The monoisotopic (exact) mass is 251 g/mol. The van der Waals surface area contributed by atoms with Crippen LogP contribution in [0.4, 0.5) is 0 Å². The second kappa shape index (κ2) is 7.79. The minimum absolute atomic E-state index is 0.0610. The van der Waals surface area contributed by atoms with Crippen LogP contribution in [0, 0.1) is 0 Å². The number of benzene rings is 1. The molecule has 0 atom stereocenters. The first-order chi connectivity index (χ1) is 8.26. The molecule has 0 radical (unpaired) electrons. The molecule has 4 heteroatoms. The van der Waals surface area contributed by atoms with E-state index >= 15 is 0 Å². The number of amides is 1. The van der Waals surface area contributed by atoms with Gasteiger partial charge in [-0.2, -0.15) is 0 Å². The zero-order chi connectivity index (χ0) is 12.5. The molecule has 0 spiro atoms. The summed E-state index contributed by atoms with van der Waals surface area (Å²) in [7, 11) is 1.64. The molecule has 0 saturated heterocycles. The van der Waals surface area contributed by atoms with Gasteiger partial charge in [-0.3, -0.25) is 4.79 Å². The molecule has 0 aliphatic carbocycles. The van der Waals surface area contributed by atoms with Crippen LogP contribution in [0.1, 0.15) is 6.42 Å². The number of nitrogens with one attached hydrogen (secondary N) is 1. The number of thioether (sulfide) groups is 1. The van der Waals surface area contributed by atoms with Crippen LogP contribution in [0.15, 0.2) is 41.8 Å². The number of ether oxygens (including phenoxy) is 1. The molecule has 0 unspecified atom stereocenters. The predicted octanol–water partition coefficient (Wildman–Crippen LogP) is 2.48. The summed E-state index contributed by atoms with van der Waals surface area (Å²) in [5, 5.41) is 2.75. The fourth-order valence-electron chi connectivity index (χ4n) is 1.21. The normalized spacial score (nSPS) is 9.71. The van der Waals surface area contributed by atoms with Crippen molar-refractivity contribution in [3.8, 4) is 5.75 Å². The van der Waals surface area contributed by atoms with Crippen molar-refractivity contribution in [1.82, 2.24) is 5.32 Å². The van der Waals surface area contributed by atoms with Gasteiger partial charge in [0.2, 0.25) is 5.91 Å². The van der Waals surface area contributed by atoms with E-state index in [1.165, 1.54) is 0 Å². The largest absolute Gasteiger partial charge is 0.497 e. The van der Waals surface area contributed by atoms with Crippen LogP contribution in [0.2, 0.25) is 0 Å². The highest BCUT2D eigenvalue weighted by atomic mass is 32.2. The predicted molar refractivity (Wildman–Crippen MR) is 71.5 cm³/mol. The van der Waals surface area contributed by atoms with Gasteiger partial charge in [-0.25, -0.2) is 0 Å². The Kier molecular flexibility index (Phi) is 6.25. The van der Waals surface area contributed by atoms with Gasteiger partial charge in [-0.05, 0) is 24.3 Å². The molecule has 1 rings (SSSR count). The Hall–Kier alpha value is -1.42. The Morgan fingerprint density at radius 2 is 2.18 bits per heavy atom. The second-order valence-corrected chi connectivity index (χ2v) is 4.54. The summed E-state index contributed by atoms with van der Waals surface area (Å²) in [4.78, 5) is 12.4. The lowest BCUT2D eigenvalue weighted by molar-refractivity contribution is -0.120. The molecule has 1 N–H and O–H groups in total. The highest BCUT2D eigenvalue weighted by Crippen LogP contribution is 2.21. The van der Waals surface area contributed by atoms with E-state index in [9.17, 15) is 4.79 Å². The molecule has 1 aromatic carbocycles. The Morgan fingerprint density at radius 1 is 1.47 bits per heavy atom. The van der Waals surface area contributed by atoms with Crippen molar-refractivity contribution in [2.75, 3.05) is 19.4 Å². The van der Waals surface area contributed by atoms with E-state index in [-0.39, 0.29) is 5.91 Å². The van der Waals surface area contributed by atoms with Gasteiger partial charge in [0.1, 0.15) is 5.75 Å². The summed E-state index contributed by atoms with van der Waals surface area (Å²) in [5.74, 6) is 1.68. The fraction of sp³-hybridized carbons (Fsp3) is 0.308. The van der Waals surface area contributed by atoms with Crippen LogP contribution >= 0.6 is 11.8 Å². The lowest BCUT2D eigenvalue weighted by atomic mass is 10.3. The third-order valence-corrected chi connectivity index (χ3v) is 3.11. The average molecular weight is 251 g/mol. The minimum Gasteiger partial charge on any atom is -0.497 e. The standard InChI is InChI=1S/C13H17NO2S/c1-3-9-14-13(15)8-10-17-12-6-4-11(16-2)5-7-12/h3-7H,1,8-10H2,2H3,(H,14,15). The minimum atomic E-state index is 0.0610. The van der Waals surface area contributed by atoms with Gasteiger partial charge in [0.25, 0.3) is 0 Å². The summed E-state index contributed by atoms with van der Waals surface area (Å²) in [5.41, 5.74) is 0. The zero-order valence-corrected chi connectivity index (χ0v) is 10.8. The second-order valence-electron chi connectivity index (χ2n) is 3.37. The Morgan fingerprint density at radius 3 is 2.76 bits per heavy atom. The summed E-state index contributed by atoms with van der Waals surface area (Å²) in [6.45, 7) is 4.08. The topological polar surface area (TPSA) is 38.3 Å². The summed E-state index contributed by atoms with van der Waals surface area (Å²) in [6.07, 6.45) is 2.19. The van der Waals surface area contributed by atoms with E-state index in [0.717, 1.165) is 16.4 Å². The first-order valence-corrected chi connectivity index (χ1v) is 6.39. The quantitative estimate of drug-likeness (QED) is 0.597. The van der Waals surface area contributed by atoms with Gasteiger partial charge in [-0.15, -0.1) is 18.3 Å². The molecule has 92 valence electrons. The van der Waals surface area contributed by atoms with E-state index in [1.807, 2.05) is 24.3 Å². The molecule has 0 fully saturated rings. The highest BCUT2D eigenvalue weighted by Gasteiger charge is 2.00. The van der Waals surface area contributed by atoms with Crippen molar-refractivity contribution in [2.45, 2.75) is 11.3 Å². The number of methoxy groups -OCH3 is 1. The van der Waals surface area contributed by atoms with Gasteiger partial charge < -0.3 is 10.1 Å². The number of hydrogen-bond acceptors (Lipinski definition) is 3. The number of carbonyl (C=O) groups is 1. The van der Waals surface area contributed by atoms with Gasteiger partial charge >= 0.3 is 0 Å². The van der Waals surface area contributed by atoms with Gasteiger partial charge in [-0.1, -0.05) is 6.08 Å². The molecule has 0 heterocycles. The third kappa shape index (κ3) is 5.45.